The molecule has 3 aliphatic heterocycles. The van der Waals surface area contributed by atoms with Crippen molar-refractivity contribution < 1.29 is 59.2 Å². The Bertz CT molecular complexity index is 1150. The predicted molar refractivity (Wildman–Crippen MR) is 135 cm³/mol. The van der Waals surface area contributed by atoms with Crippen molar-refractivity contribution in [3.63, 3.8) is 0 Å². The van der Waals surface area contributed by atoms with Crippen LogP contribution in [0.15, 0.2) is 36.6 Å². The molecular formula is C27H35NO12. The molecule has 3 heterocycles. The lowest BCUT2D eigenvalue weighted by molar-refractivity contribution is -0.339. The molecule has 1 fully saturated rings. The van der Waals surface area contributed by atoms with E-state index in [9.17, 15) is 40.2 Å². The topological polar surface area (TPSA) is 196 Å². The number of methoxy groups -OCH3 is 1. The molecule has 0 aromatic heterocycles. The van der Waals surface area contributed by atoms with Crippen molar-refractivity contribution in [3.8, 4) is 11.5 Å². The summed E-state index contributed by atoms with van der Waals surface area (Å²) in [6.45, 7) is 4.92. The number of esters is 1. The molecule has 0 bridgehead atoms. The normalized spacial score (nSPS) is 33.8. The summed E-state index contributed by atoms with van der Waals surface area (Å²) in [5.41, 5.74) is 1.18. The molecule has 3 aliphatic rings. The molecule has 13 heteroatoms. The van der Waals surface area contributed by atoms with Crippen LogP contribution in [0.2, 0.25) is 0 Å². The van der Waals surface area contributed by atoms with Crippen LogP contribution in [0.5, 0.6) is 11.5 Å². The number of aromatic hydroxyl groups is 2. The van der Waals surface area contributed by atoms with Gasteiger partial charge in [0.2, 0.25) is 12.2 Å². The number of benzene rings is 1. The van der Waals surface area contributed by atoms with Crippen LogP contribution in [0.1, 0.15) is 30.5 Å². The van der Waals surface area contributed by atoms with Crippen LogP contribution < -0.4 is 0 Å². The Labute approximate surface area is 230 Å². The maximum absolute atomic E-state index is 12.8. The molecule has 40 heavy (non-hydrogen) atoms. The Kier molecular flexibility index (Phi) is 9.02. The molecule has 6 N–H and O–H groups in total. The Morgan fingerprint density at radius 3 is 2.50 bits per heavy atom. The molecule has 4 rings (SSSR count). The van der Waals surface area contributed by atoms with Crippen LogP contribution in [0.4, 0.5) is 0 Å². The van der Waals surface area contributed by atoms with E-state index in [1.165, 1.54) is 26.2 Å². The van der Waals surface area contributed by atoms with Gasteiger partial charge in [-0.25, -0.2) is 4.79 Å². The Hall–Kier alpha value is -3.20. The van der Waals surface area contributed by atoms with Crippen LogP contribution >= 0.6 is 0 Å². The number of fused-ring (bicyclic) bond motifs is 1. The maximum Gasteiger partial charge on any atom is 0.337 e. The first-order valence-electron chi connectivity index (χ1n) is 12.9. The van der Waals surface area contributed by atoms with Gasteiger partial charge in [0.05, 0.1) is 31.6 Å². The third-order valence-electron chi connectivity index (χ3n) is 7.82. The monoisotopic (exact) mass is 565 g/mol. The van der Waals surface area contributed by atoms with Gasteiger partial charge < -0.3 is 54.5 Å². The zero-order valence-electron chi connectivity index (χ0n) is 22.1. The highest BCUT2D eigenvalue weighted by atomic mass is 16.8. The van der Waals surface area contributed by atoms with Crippen molar-refractivity contribution in [2.75, 3.05) is 20.3 Å². The first-order valence-corrected chi connectivity index (χ1v) is 12.9. The molecule has 0 aliphatic carbocycles. The second kappa shape index (κ2) is 12.1. The van der Waals surface area contributed by atoms with Gasteiger partial charge in [0.1, 0.15) is 24.4 Å². The number of phenolic OH excluding ortho intramolecular Hbond substituents is 2. The average Bonchev–Trinajstić information content (AvgIpc) is 2.94. The molecular weight excluding hydrogens is 530 g/mol. The lowest BCUT2D eigenvalue weighted by Crippen LogP contribution is -2.60. The molecule has 9 unspecified atom stereocenters. The van der Waals surface area contributed by atoms with E-state index in [1.807, 2.05) is 0 Å². The van der Waals surface area contributed by atoms with Crippen LogP contribution in [0.25, 0.3) is 0 Å². The lowest BCUT2D eigenvalue weighted by Gasteiger charge is -2.44. The summed E-state index contributed by atoms with van der Waals surface area (Å²) >= 11 is 0. The van der Waals surface area contributed by atoms with E-state index in [2.05, 4.69) is 6.58 Å². The van der Waals surface area contributed by atoms with Crippen molar-refractivity contribution in [1.82, 2.24) is 4.90 Å². The zero-order chi connectivity index (χ0) is 29.3. The Morgan fingerprint density at radius 2 is 1.88 bits per heavy atom. The Balaban J connectivity index is 1.70. The minimum absolute atomic E-state index is 0.0547. The first kappa shape index (κ1) is 29.8. The number of carbonyl (C=O) groups excluding carboxylic acids is 2. The fourth-order valence-electron chi connectivity index (χ4n) is 5.67. The minimum atomic E-state index is -1.70. The second-order valence-electron chi connectivity index (χ2n) is 10.0. The summed E-state index contributed by atoms with van der Waals surface area (Å²) < 4.78 is 22.0. The van der Waals surface area contributed by atoms with Crippen LogP contribution in [0.3, 0.4) is 0 Å². The van der Waals surface area contributed by atoms with E-state index in [0.717, 1.165) is 11.8 Å². The molecule has 0 saturated carbocycles. The fourth-order valence-corrected chi connectivity index (χ4v) is 5.67. The standard InChI is InChI=1S/C27H35NO12/c1-4-14-15(9-17-20-13(5-6-18(31)21(20)32)7-8-28(17)12(2)30)16(25(36)37-3)11-38-26(14)40-27-24(35)23(34)22(33)19(10-29)39-27/h4-6,11,14-15,17,19,22-24,26-27,29,31-35H,1,7-10H2,2-3H3. The molecule has 1 aromatic carbocycles. The van der Waals surface area contributed by atoms with Gasteiger partial charge >= 0.3 is 5.97 Å². The fraction of sp³-hybridized carbons (Fsp3) is 0.556. The van der Waals surface area contributed by atoms with Crippen LogP contribution in [-0.2, 0) is 35.0 Å². The summed E-state index contributed by atoms with van der Waals surface area (Å²) in [5, 5.41) is 61.3. The van der Waals surface area contributed by atoms with Gasteiger partial charge in [0.15, 0.2) is 17.8 Å². The number of carbonyl (C=O) groups is 2. The number of rotatable bonds is 7. The van der Waals surface area contributed by atoms with Gasteiger partial charge in [0.25, 0.3) is 0 Å². The minimum Gasteiger partial charge on any atom is -0.504 e. The average molecular weight is 566 g/mol. The summed E-state index contributed by atoms with van der Waals surface area (Å²) in [4.78, 5) is 27.0. The van der Waals surface area contributed by atoms with Gasteiger partial charge in [-0.2, -0.15) is 0 Å². The summed E-state index contributed by atoms with van der Waals surface area (Å²) in [6.07, 6.45) is -5.86. The van der Waals surface area contributed by atoms with Gasteiger partial charge in [-0.15, -0.1) is 6.58 Å². The number of ether oxygens (including phenoxy) is 4. The third-order valence-corrected chi connectivity index (χ3v) is 7.82. The molecule has 1 amide bonds. The van der Waals surface area contributed by atoms with Crippen molar-refractivity contribution in [1.29, 1.82) is 0 Å². The number of phenols is 2. The molecule has 1 aromatic rings. The van der Waals surface area contributed by atoms with Gasteiger partial charge in [-0.1, -0.05) is 12.1 Å². The zero-order valence-corrected chi connectivity index (χ0v) is 22.1. The highest BCUT2D eigenvalue weighted by molar-refractivity contribution is 5.89. The van der Waals surface area contributed by atoms with Crippen molar-refractivity contribution in [2.24, 2.45) is 11.8 Å². The number of hydrogen-bond acceptors (Lipinski definition) is 12. The second-order valence-corrected chi connectivity index (χ2v) is 10.0. The third kappa shape index (κ3) is 5.40. The number of amides is 1. The number of hydrogen-bond donors (Lipinski definition) is 6. The largest absolute Gasteiger partial charge is 0.504 e. The molecule has 0 radical (unpaired) electrons. The molecule has 9 atom stereocenters. The number of nitrogens with zero attached hydrogens (tertiary/aromatic N) is 1. The highest BCUT2D eigenvalue weighted by Gasteiger charge is 2.48. The van der Waals surface area contributed by atoms with E-state index >= 15 is 0 Å². The SMILES string of the molecule is C=CC1C(OC2OC(CO)C(O)C(O)C2O)OC=C(C(=O)OC)C1CC1c2c(ccc(O)c2O)CCN1C(C)=O. The number of aliphatic hydroxyl groups is 4. The van der Waals surface area contributed by atoms with Crippen LogP contribution in [-0.4, -0.2) is 105 Å². The van der Waals surface area contributed by atoms with Gasteiger partial charge in [0, 0.05) is 30.9 Å². The quantitative estimate of drug-likeness (QED) is 0.142. The Morgan fingerprint density at radius 1 is 1.15 bits per heavy atom. The van der Waals surface area contributed by atoms with E-state index in [1.54, 1.807) is 11.0 Å². The van der Waals surface area contributed by atoms with Crippen molar-refractivity contribution >= 4 is 11.9 Å². The molecule has 0 spiro atoms. The summed E-state index contributed by atoms with van der Waals surface area (Å²) in [6, 6.07) is 2.28. The van der Waals surface area contributed by atoms with E-state index in [4.69, 9.17) is 18.9 Å². The first-order chi connectivity index (χ1) is 19.0. The molecule has 13 nitrogen and oxygen atoms in total. The predicted octanol–water partition coefficient (Wildman–Crippen LogP) is -0.418. The highest BCUT2D eigenvalue weighted by Crippen LogP contribution is 2.47. The molecule has 1 saturated heterocycles. The summed E-state index contributed by atoms with van der Waals surface area (Å²) in [5.74, 6) is -3.30. The van der Waals surface area contributed by atoms with E-state index in [0.29, 0.717) is 18.5 Å². The maximum atomic E-state index is 12.8. The number of aliphatic hydroxyl groups excluding tert-OH is 4. The molecule has 220 valence electrons. The van der Waals surface area contributed by atoms with Gasteiger partial charge in [-0.3, -0.25) is 4.79 Å². The smallest absolute Gasteiger partial charge is 0.337 e. The van der Waals surface area contributed by atoms with E-state index < -0.39 is 67.4 Å². The van der Waals surface area contributed by atoms with E-state index in [-0.39, 0.29) is 29.4 Å². The van der Waals surface area contributed by atoms with Gasteiger partial charge in [-0.05, 0) is 24.5 Å². The van der Waals surface area contributed by atoms with Crippen molar-refractivity contribution in [2.45, 2.75) is 62.8 Å². The van der Waals surface area contributed by atoms with Crippen LogP contribution in [0, 0.1) is 11.8 Å². The summed E-state index contributed by atoms with van der Waals surface area (Å²) in [7, 11) is 1.20. The lowest BCUT2D eigenvalue weighted by atomic mass is 9.76. The van der Waals surface area contributed by atoms with Crippen molar-refractivity contribution in [3.05, 3.63) is 47.7 Å².